The van der Waals surface area contributed by atoms with Crippen LogP contribution in [0.2, 0.25) is 0 Å². The molecule has 2 aliphatic carbocycles. The topological polar surface area (TPSA) is 76.1 Å². The van der Waals surface area contributed by atoms with Gasteiger partial charge in [-0.1, -0.05) is 13.0 Å². The number of aromatic carboxylic acids is 1. The lowest BCUT2D eigenvalue weighted by atomic mass is 9.82. The van der Waals surface area contributed by atoms with Gasteiger partial charge in [0.2, 0.25) is 12.7 Å². The van der Waals surface area contributed by atoms with E-state index in [2.05, 4.69) is 13.0 Å². The van der Waals surface area contributed by atoms with Crippen molar-refractivity contribution in [3.63, 3.8) is 0 Å². The molecule has 6 nitrogen and oxygen atoms in total. The van der Waals surface area contributed by atoms with E-state index in [0.29, 0.717) is 28.8 Å². The van der Waals surface area contributed by atoms with Crippen LogP contribution in [0.5, 0.6) is 11.5 Å². The number of ether oxygens (including phenoxy) is 2. The van der Waals surface area contributed by atoms with E-state index in [1.807, 2.05) is 12.1 Å². The van der Waals surface area contributed by atoms with Gasteiger partial charge in [0, 0.05) is 16.9 Å². The number of allylic oxidation sites excluding steroid dienone is 2. The summed E-state index contributed by atoms with van der Waals surface area (Å²) in [6.07, 6.45) is 10.1. The molecule has 2 heterocycles. The Bertz CT molecular complexity index is 1100. The molecule has 0 atom stereocenters. The molecule has 0 unspecified atom stereocenters. The van der Waals surface area contributed by atoms with Crippen LogP contribution >= 0.6 is 11.3 Å². The zero-order chi connectivity index (χ0) is 22.9. The second kappa shape index (κ2) is 9.21. The number of hydrogen-bond acceptors (Lipinski definition) is 5. The van der Waals surface area contributed by atoms with Crippen molar-refractivity contribution < 1.29 is 24.2 Å². The predicted octanol–water partition coefficient (Wildman–Crippen LogP) is 6.62. The molecule has 1 amide bonds. The van der Waals surface area contributed by atoms with Gasteiger partial charge in [-0.25, -0.2) is 4.79 Å². The van der Waals surface area contributed by atoms with Crippen molar-refractivity contribution in [2.45, 2.75) is 58.3 Å². The van der Waals surface area contributed by atoms with Crippen molar-refractivity contribution in [3.05, 3.63) is 40.1 Å². The van der Waals surface area contributed by atoms with Crippen LogP contribution in [0.1, 0.15) is 72.8 Å². The highest BCUT2D eigenvalue weighted by molar-refractivity contribution is 7.15. The van der Waals surface area contributed by atoms with Crippen molar-refractivity contribution in [2.24, 2.45) is 11.8 Å². The second-order valence-corrected chi connectivity index (χ2v) is 10.3. The fraction of sp³-hybridized carbons (Fsp3) is 0.462. The summed E-state index contributed by atoms with van der Waals surface area (Å²) in [4.78, 5) is 29.0. The molecule has 1 fully saturated rings. The van der Waals surface area contributed by atoms with Crippen LogP contribution in [-0.4, -0.2) is 23.8 Å². The van der Waals surface area contributed by atoms with Gasteiger partial charge >= 0.3 is 5.97 Å². The Hall–Kier alpha value is -2.80. The average molecular weight is 468 g/mol. The first-order chi connectivity index (χ1) is 16.0. The molecular weight excluding hydrogens is 438 g/mol. The molecule has 1 saturated carbocycles. The SMILES string of the molecule is C[C@H]1CC[C@H](C(=O)N(c2ccc3c(c2)OCO3)c2cc(C3=CCCCC3)sc2C(=O)O)CC1. The van der Waals surface area contributed by atoms with Crippen LogP contribution in [0.15, 0.2) is 30.3 Å². The van der Waals surface area contributed by atoms with Crippen molar-refractivity contribution >= 4 is 40.2 Å². The standard InChI is InChI=1S/C26H29NO5S/c1-16-7-9-18(10-8-16)25(28)27(19-11-12-21-22(13-19)32-15-31-21)20-14-23(33-24(20)26(29)30)17-5-3-2-4-6-17/h5,11-14,16,18H,2-4,6-10,15H2,1H3,(H,29,30)/t16-,18-. The predicted molar refractivity (Wildman–Crippen MR) is 129 cm³/mol. The summed E-state index contributed by atoms with van der Waals surface area (Å²) >= 11 is 1.27. The summed E-state index contributed by atoms with van der Waals surface area (Å²) < 4.78 is 11.0. The van der Waals surface area contributed by atoms with Crippen molar-refractivity contribution in [1.82, 2.24) is 0 Å². The van der Waals surface area contributed by atoms with E-state index in [0.717, 1.165) is 56.2 Å². The molecule has 1 aliphatic heterocycles. The Labute approximate surface area is 197 Å². The summed E-state index contributed by atoms with van der Waals surface area (Å²) in [7, 11) is 0. The van der Waals surface area contributed by atoms with E-state index in [1.165, 1.54) is 16.9 Å². The first kappa shape index (κ1) is 22.0. The molecule has 0 saturated heterocycles. The van der Waals surface area contributed by atoms with Crippen molar-refractivity contribution in [1.29, 1.82) is 0 Å². The van der Waals surface area contributed by atoms with Crippen LogP contribution in [0.4, 0.5) is 11.4 Å². The number of carbonyl (C=O) groups excluding carboxylic acids is 1. The maximum absolute atomic E-state index is 13.9. The zero-order valence-corrected chi connectivity index (χ0v) is 19.7. The molecule has 33 heavy (non-hydrogen) atoms. The molecule has 7 heteroatoms. The minimum atomic E-state index is -1.01. The fourth-order valence-electron chi connectivity index (χ4n) is 5.02. The third-order valence-corrected chi connectivity index (χ3v) is 8.14. The summed E-state index contributed by atoms with van der Waals surface area (Å²) in [6.45, 7) is 2.37. The largest absolute Gasteiger partial charge is 0.477 e. The molecule has 1 aromatic heterocycles. The summed E-state index contributed by atoms with van der Waals surface area (Å²) in [5.41, 5.74) is 2.26. The lowest BCUT2D eigenvalue weighted by Crippen LogP contribution is -2.35. The number of fused-ring (bicyclic) bond motifs is 1. The number of thiophene rings is 1. The van der Waals surface area contributed by atoms with Crippen LogP contribution < -0.4 is 14.4 Å². The van der Waals surface area contributed by atoms with Crippen molar-refractivity contribution in [2.75, 3.05) is 11.7 Å². The Kier molecular flexibility index (Phi) is 6.15. The summed E-state index contributed by atoms with van der Waals surface area (Å²) in [5, 5.41) is 10.1. The third kappa shape index (κ3) is 4.38. The number of rotatable bonds is 5. The molecule has 2 aromatic rings. The Morgan fingerprint density at radius 2 is 1.85 bits per heavy atom. The van der Waals surface area contributed by atoms with E-state index in [9.17, 15) is 14.7 Å². The average Bonchev–Trinajstić information content (AvgIpc) is 3.47. The highest BCUT2D eigenvalue weighted by Crippen LogP contribution is 2.44. The molecule has 0 bridgehead atoms. The number of carboxylic acid groups (broad SMARTS) is 1. The van der Waals surface area contributed by atoms with E-state index in [1.54, 1.807) is 17.0 Å². The van der Waals surface area contributed by atoms with E-state index in [-0.39, 0.29) is 23.5 Å². The Morgan fingerprint density at radius 1 is 1.06 bits per heavy atom. The number of anilines is 2. The van der Waals surface area contributed by atoms with Gasteiger partial charge in [0.15, 0.2) is 11.5 Å². The monoisotopic (exact) mass is 467 g/mol. The van der Waals surface area contributed by atoms with Crippen molar-refractivity contribution in [3.8, 4) is 11.5 Å². The molecule has 0 radical (unpaired) electrons. The van der Waals surface area contributed by atoms with E-state index in [4.69, 9.17) is 9.47 Å². The van der Waals surface area contributed by atoms with Gasteiger partial charge < -0.3 is 14.6 Å². The highest BCUT2D eigenvalue weighted by atomic mass is 32.1. The van der Waals surface area contributed by atoms with Gasteiger partial charge in [0.25, 0.3) is 0 Å². The number of hydrogen-bond donors (Lipinski definition) is 1. The third-order valence-electron chi connectivity index (χ3n) is 6.95. The number of carbonyl (C=O) groups is 2. The van der Waals surface area contributed by atoms with Gasteiger partial charge in [-0.15, -0.1) is 11.3 Å². The second-order valence-electron chi connectivity index (χ2n) is 9.27. The number of amides is 1. The molecular formula is C26H29NO5S. The van der Waals surface area contributed by atoms with Gasteiger partial charge in [0.1, 0.15) is 4.88 Å². The van der Waals surface area contributed by atoms with E-state index >= 15 is 0 Å². The normalized spacial score (nSPS) is 22.0. The fourth-order valence-corrected chi connectivity index (χ4v) is 6.07. The van der Waals surface area contributed by atoms with Crippen LogP contribution in [0.3, 0.4) is 0 Å². The Balaban J connectivity index is 1.59. The summed E-state index contributed by atoms with van der Waals surface area (Å²) in [6, 6.07) is 7.30. The molecule has 0 spiro atoms. The van der Waals surface area contributed by atoms with Crippen LogP contribution in [0, 0.1) is 11.8 Å². The van der Waals surface area contributed by atoms with Gasteiger partial charge in [-0.3, -0.25) is 9.69 Å². The lowest BCUT2D eigenvalue weighted by molar-refractivity contribution is -0.122. The number of benzene rings is 1. The highest BCUT2D eigenvalue weighted by Gasteiger charge is 2.34. The zero-order valence-electron chi connectivity index (χ0n) is 18.8. The Morgan fingerprint density at radius 3 is 2.58 bits per heavy atom. The van der Waals surface area contributed by atoms with E-state index < -0.39 is 5.97 Å². The first-order valence-electron chi connectivity index (χ1n) is 11.8. The van der Waals surface area contributed by atoms with Gasteiger partial charge in [-0.05, 0) is 81.1 Å². The molecule has 1 N–H and O–H groups in total. The molecule has 1 aromatic carbocycles. The number of nitrogens with zero attached hydrogens (tertiary/aromatic N) is 1. The maximum Gasteiger partial charge on any atom is 0.348 e. The lowest BCUT2D eigenvalue weighted by Gasteiger charge is -2.31. The molecule has 3 aliphatic rings. The van der Waals surface area contributed by atoms with Crippen LogP contribution in [-0.2, 0) is 4.79 Å². The first-order valence-corrected chi connectivity index (χ1v) is 12.6. The molecule has 5 rings (SSSR count). The minimum Gasteiger partial charge on any atom is -0.477 e. The van der Waals surface area contributed by atoms with Gasteiger partial charge in [0.05, 0.1) is 11.4 Å². The smallest absolute Gasteiger partial charge is 0.348 e. The molecule has 174 valence electrons. The van der Waals surface area contributed by atoms with Crippen LogP contribution in [0.25, 0.3) is 5.57 Å². The summed E-state index contributed by atoms with van der Waals surface area (Å²) in [5.74, 6) is 0.664. The minimum absolute atomic E-state index is 0.0368. The van der Waals surface area contributed by atoms with Gasteiger partial charge in [-0.2, -0.15) is 0 Å². The maximum atomic E-state index is 13.9. The quantitative estimate of drug-likeness (QED) is 0.534. The number of carboxylic acids is 1.